The Hall–Kier alpha value is -2.53. The molecular formula is C18H18F4N2O4S. The average Bonchev–Trinajstić information content (AvgIpc) is 2.71. The first kappa shape index (κ1) is 22.8. The highest BCUT2D eigenvalue weighted by atomic mass is 32.2. The Bertz CT molecular complexity index is 922. The van der Waals surface area contributed by atoms with Crippen LogP contribution in [0.2, 0.25) is 0 Å². The largest absolute Gasteiger partial charge is 0.386 e. The van der Waals surface area contributed by atoms with Gasteiger partial charge in [0.15, 0.2) is 15.8 Å². The van der Waals surface area contributed by atoms with Gasteiger partial charge in [-0.15, -0.1) is 0 Å². The molecular weight excluding hydrogens is 416 g/mol. The molecule has 0 radical (unpaired) electrons. The molecule has 0 aliphatic heterocycles. The van der Waals surface area contributed by atoms with Crippen molar-refractivity contribution >= 4 is 15.7 Å². The fourth-order valence-electron chi connectivity index (χ4n) is 2.50. The van der Waals surface area contributed by atoms with Gasteiger partial charge in [0.1, 0.15) is 12.8 Å². The van der Waals surface area contributed by atoms with E-state index in [0.717, 1.165) is 0 Å². The Kier molecular flexibility index (Phi) is 7.68. The molecule has 0 unspecified atom stereocenters. The Labute approximate surface area is 164 Å². The number of aliphatic hydroxyl groups excluding tert-OH is 1. The predicted octanol–water partition coefficient (Wildman–Crippen LogP) is 2.34. The van der Waals surface area contributed by atoms with Crippen molar-refractivity contribution in [2.45, 2.75) is 24.3 Å². The predicted molar refractivity (Wildman–Crippen MR) is 97.1 cm³/mol. The molecule has 6 nitrogen and oxygen atoms in total. The SMILES string of the molecule is O=C(N[C@H](CF)[C@H](O)c1ccc(-c2ccc(CS(=O)(=O)CF)nc2)cc1)C(F)F. The Morgan fingerprint density at radius 2 is 1.69 bits per heavy atom. The van der Waals surface area contributed by atoms with Crippen LogP contribution in [0.5, 0.6) is 0 Å². The van der Waals surface area contributed by atoms with Crippen LogP contribution in [0.1, 0.15) is 17.4 Å². The number of pyridine rings is 1. The zero-order chi connectivity index (χ0) is 21.6. The highest BCUT2D eigenvalue weighted by molar-refractivity contribution is 7.90. The maximum atomic E-state index is 13.0. The van der Waals surface area contributed by atoms with Crippen molar-refractivity contribution in [2.75, 3.05) is 12.7 Å². The van der Waals surface area contributed by atoms with Crippen molar-refractivity contribution in [2.24, 2.45) is 0 Å². The van der Waals surface area contributed by atoms with Crippen LogP contribution >= 0.6 is 0 Å². The second-order valence-electron chi connectivity index (χ2n) is 6.17. The van der Waals surface area contributed by atoms with Gasteiger partial charge in [0, 0.05) is 11.8 Å². The van der Waals surface area contributed by atoms with E-state index in [1.807, 2.05) is 0 Å². The van der Waals surface area contributed by atoms with E-state index in [4.69, 9.17) is 0 Å². The van der Waals surface area contributed by atoms with Crippen LogP contribution in [-0.4, -0.2) is 49.6 Å². The molecule has 2 atom stereocenters. The minimum absolute atomic E-state index is 0.180. The standard InChI is InChI=1S/C18H18F4N2O4S/c19-7-15(24-18(26)17(21)22)16(25)12-3-1-11(2-4-12)13-5-6-14(23-8-13)9-29(27,28)10-20/h1-6,8,15-17,25H,7,9-10H2,(H,24,26)/t15-,16-/m1/s1. The van der Waals surface area contributed by atoms with Crippen LogP contribution in [0.3, 0.4) is 0 Å². The topological polar surface area (TPSA) is 96.4 Å². The summed E-state index contributed by atoms with van der Waals surface area (Å²) in [5.41, 5.74) is 1.60. The molecule has 2 N–H and O–H groups in total. The number of sulfone groups is 1. The first-order chi connectivity index (χ1) is 13.7. The zero-order valence-corrected chi connectivity index (χ0v) is 15.8. The van der Waals surface area contributed by atoms with Gasteiger partial charge < -0.3 is 10.4 Å². The van der Waals surface area contributed by atoms with E-state index in [2.05, 4.69) is 4.98 Å². The number of hydrogen-bond acceptors (Lipinski definition) is 5. The second kappa shape index (κ2) is 9.79. The first-order valence-corrected chi connectivity index (χ1v) is 10.1. The van der Waals surface area contributed by atoms with Gasteiger partial charge in [-0.1, -0.05) is 30.3 Å². The number of nitrogens with one attached hydrogen (secondary N) is 1. The summed E-state index contributed by atoms with van der Waals surface area (Å²) in [7, 11) is -3.85. The molecule has 0 bridgehead atoms. The van der Waals surface area contributed by atoms with Crippen molar-refractivity contribution in [3.05, 3.63) is 53.9 Å². The average molecular weight is 434 g/mol. The Morgan fingerprint density at radius 1 is 1.07 bits per heavy atom. The van der Waals surface area contributed by atoms with Crippen LogP contribution in [0.25, 0.3) is 11.1 Å². The number of aliphatic hydroxyl groups is 1. The van der Waals surface area contributed by atoms with E-state index < -0.39 is 52.7 Å². The summed E-state index contributed by atoms with van der Waals surface area (Å²) in [6, 6.07) is 5.98. The summed E-state index contributed by atoms with van der Waals surface area (Å²) in [6.07, 6.45) is -3.47. The van der Waals surface area contributed by atoms with Crippen molar-refractivity contribution in [3.8, 4) is 11.1 Å². The van der Waals surface area contributed by atoms with Crippen molar-refractivity contribution in [1.82, 2.24) is 10.3 Å². The van der Waals surface area contributed by atoms with E-state index in [1.165, 1.54) is 24.4 Å². The molecule has 158 valence electrons. The molecule has 1 aromatic carbocycles. The second-order valence-corrected chi connectivity index (χ2v) is 8.17. The van der Waals surface area contributed by atoms with E-state index in [9.17, 15) is 35.9 Å². The molecule has 2 rings (SSSR count). The van der Waals surface area contributed by atoms with Gasteiger partial charge in [-0.3, -0.25) is 9.78 Å². The number of rotatable bonds is 9. The Balaban J connectivity index is 2.12. The summed E-state index contributed by atoms with van der Waals surface area (Å²) < 4.78 is 72.6. The highest BCUT2D eigenvalue weighted by Crippen LogP contribution is 2.24. The van der Waals surface area contributed by atoms with Gasteiger partial charge in [0.2, 0.25) is 0 Å². The Morgan fingerprint density at radius 3 is 2.17 bits per heavy atom. The molecule has 2 aromatic rings. The third-order valence-electron chi connectivity index (χ3n) is 4.02. The molecule has 11 heteroatoms. The van der Waals surface area contributed by atoms with Crippen LogP contribution in [0.4, 0.5) is 17.6 Å². The van der Waals surface area contributed by atoms with Crippen molar-refractivity contribution < 1.29 is 35.9 Å². The fourth-order valence-corrected chi connectivity index (χ4v) is 3.20. The van der Waals surface area contributed by atoms with Crippen molar-refractivity contribution in [3.63, 3.8) is 0 Å². The normalized spacial score (nSPS) is 13.9. The van der Waals surface area contributed by atoms with E-state index in [1.54, 1.807) is 23.5 Å². The zero-order valence-electron chi connectivity index (χ0n) is 14.9. The summed E-state index contributed by atoms with van der Waals surface area (Å²) >= 11 is 0. The summed E-state index contributed by atoms with van der Waals surface area (Å²) in [4.78, 5) is 15.0. The van der Waals surface area contributed by atoms with Crippen LogP contribution in [0, 0.1) is 0 Å². The maximum absolute atomic E-state index is 13.0. The lowest BCUT2D eigenvalue weighted by atomic mass is 9.99. The number of benzene rings is 1. The number of carbonyl (C=O) groups is 1. The number of aromatic nitrogens is 1. The van der Waals surface area contributed by atoms with E-state index in [0.29, 0.717) is 11.1 Å². The molecule has 1 heterocycles. The number of halogens is 4. The van der Waals surface area contributed by atoms with Crippen LogP contribution < -0.4 is 5.32 Å². The number of hydrogen-bond donors (Lipinski definition) is 2. The number of alkyl halides is 4. The molecule has 0 saturated carbocycles. The molecule has 0 saturated heterocycles. The molecule has 0 aliphatic carbocycles. The number of amides is 1. The number of carbonyl (C=O) groups excluding carboxylic acids is 1. The van der Waals surface area contributed by atoms with Crippen LogP contribution in [0.15, 0.2) is 42.6 Å². The lowest BCUT2D eigenvalue weighted by Gasteiger charge is -2.22. The minimum atomic E-state index is -3.85. The number of nitrogens with zero attached hydrogens (tertiary/aromatic N) is 1. The molecule has 0 spiro atoms. The summed E-state index contributed by atoms with van der Waals surface area (Å²) in [5.74, 6) is -2.20. The smallest absolute Gasteiger partial charge is 0.315 e. The van der Waals surface area contributed by atoms with Gasteiger partial charge in [-0.2, -0.15) is 8.78 Å². The summed E-state index contributed by atoms with van der Waals surface area (Å²) in [5, 5.41) is 11.9. The van der Waals surface area contributed by atoms with Gasteiger partial charge in [0.25, 0.3) is 5.91 Å². The van der Waals surface area contributed by atoms with E-state index in [-0.39, 0.29) is 11.3 Å². The maximum Gasteiger partial charge on any atom is 0.315 e. The quantitative estimate of drug-likeness (QED) is 0.591. The monoisotopic (exact) mass is 434 g/mol. The first-order valence-electron chi connectivity index (χ1n) is 8.31. The van der Waals surface area contributed by atoms with Gasteiger partial charge >= 0.3 is 6.43 Å². The summed E-state index contributed by atoms with van der Waals surface area (Å²) in [6.45, 7) is -1.24. The lowest BCUT2D eigenvalue weighted by Crippen LogP contribution is -2.43. The van der Waals surface area contributed by atoms with Gasteiger partial charge in [-0.25, -0.2) is 17.2 Å². The molecule has 0 fully saturated rings. The van der Waals surface area contributed by atoms with E-state index >= 15 is 0 Å². The molecule has 0 aliphatic rings. The molecule has 29 heavy (non-hydrogen) atoms. The lowest BCUT2D eigenvalue weighted by molar-refractivity contribution is -0.133. The van der Waals surface area contributed by atoms with Gasteiger partial charge in [0.05, 0.1) is 17.5 Å². The van der Waals surface area contributed by atoms with Crippen molar-refractivity contribution in [1.29, 1.82) is 0 Å². The van der Waals surface area contributed by atoms with Gasteiger partial charge in [-0.05, 0) is 17.2 Å². The molecule has 1 amide bonds. The van der Waals surface area contributed by atoms with Crippen LogP contribution in [-0.2, 0) is 20.4 Å². The third kappa shape index (κ3) is 6.23. The minimum Gasteiger partial charge on any atom is -0.386 e. The highest BCUT2D eigenvalue weighted by Gasteiger charge is 2.26. The third-order valence-corrected chi connectivity index (χ3v) is 5.09. The fraction of sp³-hybridized carbons (Fsp3) is 0.333. The molecule has 1 aromatic heterocycles.